The quantitative estimate of drug-likeness (QED) is 0.734. The molecule has 0 aliphatic heterocycles. The van der Waals surface area contributed by atoms with Gasteiger partial charge in [0.1, 0.15) is 0 Å². The zero-order chi connectivity index (χ0) is 17.8. The molecular weight excluding hydrogens is 330 g/mol. The van der Waals surface area contributed by atoms with Crippen LogP contribution in [0.25, 0.3) is 11.3 Å². The summed E-state index contributed by atoms with van der Waals surface area (Å²) in [7, 11) is 0. The zero-order valence-electron chi connectivity index (χ0n) is 14.4. The van der Waals surface area contributed by atoms with Gasteiger partial charge in [-0.1, -0.05) is 36.6 Å². The van der Waals surface area contributed by atoms with E-state index in [9.17, 15) is 4.79 Å². The molecule has 2 N–H and O–H groups in total. The average molecular weight is 351 g/mol. The van der Waals surface area contributed by atoms with Crippen molar-refractivity contribution in [3.05, 3.63) is 53.8 Å². The topological polar surface area (TPSA) is 96.7 Å². The maximum Gasteiger partial charge on any atom is 0.251 e. The second kappa shape index (κ2) is 7.51. The van der Waals surface area contributed by atoms with Gasteiger partial charge in [-0.15, -0.1) is 0 Å². The van der Waals surface area contributed by atoms with E-state index in [0.29, 0.717) is 17.4 Å². The number of nitrogens with one attached hydrogen (secondary N) is 2. The van der Waals surface area contributed by atoms with E-state index in [1.165, 1.54) is 19.3 Å². The van der Waals surface area contributed by atoms with Gasteiger partial charge in [0, 0.05) is 17.7 Å². The van der Waals surface area contributed by atoms with Crippen LogP contribution in [0.15, 0.2) is 41.1 Å². The fourth-order valence-corrected chi connectivity index (χ4v) is 3.34. The molecule has 2 aromatic heterocycles. The van der Waals surface area contributed by atoms with Gasteiger partial charge in [0.2, 0.25) is 5.89 Å². The zero-order valence-corrected chi connectivity index (χ0v) is 14.4. The van der Waals surface area contributed by atoms with E-state index >= 15 is 0 Å². The number of rotatable bonds is 5. The maximum atomic E-state index is 12.3. The lowest BCUT2D eigenvalue weighted by Crippen LogP contribution is -2.22. The second-order valence-corrected chi connectivity index (χ2v) is 6.61. The van der Waals surface area contributed by atoms with Crippen molar-refractivity contribution in [2.45, 2.75) is 44.6 Å². The summed E-state index contributed by atoms with van der Waals surface area (Å²) in [4.78, 5) is 16.7. The molecule has 7 nitrogen and oxygen atoms in total. The number of H-pyrrole nitrogens is 1. The molecule has 4 rings (SSSR count). The predicted octanol–water partition coefficient (Wildman–Crippen LogP) is 3.44. The van der Waals surface area contributed by atoms with Crippen molar-refractivity contribution in [2.75, 3.05) is 0 Å². The minimum atomic E-state index is -0.168. The van der Waals surface area contributed by atoms with Gasteiger partial charge in [-0.05, 0) is 36.6 Å². The molecule has 1 fully saturated rings. The maximum absolute atomic E-state index is 12.3. The van der Waals surface area contributed by atoms with Gasteiger partial charge in [-0.2, -0.15) is 10.1 Å². The third-order valence-electron chi connectivity index (χ3n) is 4.81. The van der Waals surface area contributed by atoms with Crippen molar-refractivity contribution in [2.24, 2.45) is 0 Å². The van der Waals surface area contributed by atoms with Crippen molar-refractivity contribution in [3.63, 3.8) is 0 Å². The molecule has 0 bridgehead atoms. The number of carbonyl (C=O) groups excluding carboxylic acids is 1. The highest BCUT2D eigenvalue weighted by molar-refractivity contribution is 5.94. The second-order valence-electron chi connectivity index (χ2n) is 6.61. The monoisotopic (exact) mass is 351 g/mol. The molecule has 1 aliphatic rings. The molecular formula is C19H21N5O2. The lowest BCUT2D eigenvalue weighted by Gasteiger charge is -2.17. The summed E-state index contributed by atoms with van der Waals surface area (Å²) in [5, 5.41) is 13.7. The molecule has 7 heteroatoms. The SMILES string of the molecule is O=C(NCc1nc(C2CCCCC2)no1)c1ccc(-c2ccn[nH]2)cc1. The summed E-state index contributed by atoms with van der Waals surface area (Å²) in [5.74, 6) is 1.46. The minimum absolute atomic E-state index is 0.168. The van der Waals surface area contributed by atoms with Crippen LogP contribution in [0.1, 0.15) is 60.1 Å². The van der Waals surface area contributed by atoms with Gasteiger partial charge in [0.25, 0.3) is 5.91 Å². The standard InChI is InChI=1S/C19H21N5O2/c25-19(15-8-6-13(7-9-15)16-10-11-21-23-16)20-12-17-22-18(24-26-17)14-4-2-1-3-5-14/h6-11,14H,1-5,12H2,(H,20,25)(H,21,23). The van der Waals surface area contributed by atoms with Crippen molar-refractivity contribution < 1.29 is 9.32 Å². The van der Waals surface area contributed by atoms with Crippen molar-refractivity contribution in [1.29, 1.82) is 0 Å². The number of carbonyl (C=O) groups is 1. The first kappa shape index (κ1) is 16.5. The van der Waals surface area contributed by atoms with Crippen molar-refractivity contribution in [3.8, 4) is 11.3 Å². The molecule has 3 aromatic rings. The fourth-order valence-electron chi connectivity index (χ4n) is 3.34. The highest BCUT2D eigenvalue weighted by atomic mass is 16.5. The number of aromatic nitrogens is 4. The van der Waals surface area contributed by atoms with E-state index in [4.69, 9.17) is 4.52 Å². The summed E-state index contributed by atoms with van der Waals surface area (Å²) in [6, 6.07) is 9.22. The van der Waals surface area contributed by atoms with Crippen molar-refractivity contribution >= 4 is 5.91 Å². The first-order valence-corrected chi connectivity index (χ1v) is 9.00. The first-order chi connectivity index (χ1) is 12.8. The van der Waals surface area contributed by atoms with Gasteiger partial charge in [0.05, 0.1) is 12.2 Å². The molecule has 1 aromatic carbocycles. The third kappa shape index (κ3) is 3.66. The van der Waals surface area contributed by atoms with Crippen LogP contribution in [0, 0.1) is 0 Å². The molecule has 134 valence electrons. The molecule has 0 unspecified atom stereocenters. The minimum Gasteiger partial charge on any atom is -0.343 e. The average Bonchev–Trinajstić information content (AvgIpc) is 3.39. The number of nitrogens with zero attached hydrogens (tertiary/aromatic N) is 3. The Kier molecular flexibility index (Phi) is 4.77. The molecule has 0 radical (unpaired) electrons. The van der Waals surface area contributed by atoms with E-state index < -0.39 is 0 Å². The van der Waals surface area contributed by atoms with E-state index in [2.05, 4.69) is 25.7 Å². The highest BCUT2D eigenvalue weighted by Crippen LogP contribution is 2.30. The molecule has 1 aliphatic carbocycles. The molecule has 26 heavy (non-hydrogen) atoms. The Labute approximate surface area is 151 Å². The van der Waals surface area contributed by atoms with Crippen LogP contribution in [0.3, 0.4) is 0 Å². The Morgan fingerprint density at radius 3 is 2.69 bits per heavy atom. The Morgan fingerprint density at radius 1 is 1.15 bits per heavy atom. The van der Waals surface area contributed by atoms with E-state index in [1.54, 1.807) is 18.3 Å². The van der Waals surface area contributed by atoms with Crippen LogP contribution in [0.4, 0.5) is 0 Å². The van der Waals surface area contributed by atoms with Gasteiger partial charge >= 0.3 is 0 Å². The van der Waals surface area contributed by atoms with Gasteiger partial charge in [-0.3, -0.25) is 9.89 Å². The number of amides is 1. The molecule has 1 saturated carbocycles. The summed E-state index contributed by atoms with van der Waals surface area (Å²) < 4.78 is 5.29. The van der Waals surface area contributed by atoms with Gasteiger partial charge in [0.15, 0.2) is 5.82 Å². The lowest BCUT2D eigenvalue weighted by molar-refractivity contribution is 0.0946. The number of hydrogen-bond donors (Lipinski definition) is 2. The van der Waals surface area contributed by atoms with Crippen LogP contribution in [-0.2, 0) is 6.54 Å². The van der Waals surface area contributed by atoms with Gasteiger partial charge < -0.3 is 9.84 Å². The van der Waals surface area contributed by atoms with E-state index in [0.717, 1.165) is 29.9 Å². The lowest BCUT2D eigenvalue weighted by atomic mass is 9.89. The van der Waals surface area contributed by atoms with E-state index in [1.807, 2.05) is 18.2 Å². The Balaban J connectivity index is 1.34. The molecule has 0 spiro atoms. The Bertz CT molecular complexity index is 848. The molecule has 2 heterocycles. The van der Waals surface area contributed by atoms with Crippen LogP contribution >= 0.6 is 0 Å². The van der Waals surface area contributed by atoms with Gasteiger partial charge in [-0.25, -0.2) is 0 Å². The largest absolute Gasteiger partial charge is 0.343 e. The normalized spacial score (nSPS) is 15.1. The van der Waals surface area contributed by atoms with Crippen LogP contribution in [0.2, 0.25) is 0 Å². The summed E-state index contributed by atoms with van der Waals surface area (Å²) in [6.45, 7) is 0.237. The van der Waals surface area contributed by atoms with Crippen LogP contribution in [0.5, 0.6) is 0 Å². The summed E-state index contributed by atoms with van der Waals surface area (Å²) in [5.41, 5.74) is 2.48. The van der Waals surface area contributed by atoms with Crippen LogP contribution in [-0.4, -0.2) is 26.2 Å². The Morgan fingerprint density at radius 2 is 1.96 bits per heavy atom. The smallest absolute Gasteiger partial charge is 0.251 e. The molecule has 1 amide bonds. The number of benzene rings is 1. The molecule has 0 saturated heterocycles. The number of aromatic amines is 1. The first-order valence-electron chi connectivity index (χ1n) is 9.00. The Hall–Kier alpha value is -2.96. The highest BCUT2D eigenvalue weighted by Gasteiger charge is 2.21. The fraction of sp³-hybridized carbons (Fsp3) is 0.368. The van der Waals surface area contributed by atoms with Crippen LogP contribution < -0.4 is 5.32 Å². The summed E-state index contributed by atoms with van der Waals surface area (Å²) >= 11 is 0. The molecule has 0 atom stereocenters. The summed E-state index contributed by atoms with van der Waals surface area (Å²) in [6.07, 6.45) is 7.67. The predicted molar refractivity (Wildman–Crippen MR) is 95.3 cm³/mol. The van der Waals surface area contributed by atoms with Crippen molar-refractivity contribution in [1.82, 2.24) is 25.7 Å². The third-order valence-corrected chi connectivity index (χ3v) is 4.81. The number of hydrogen-bond acceptors (Lipinski definition) is 5. The van der Waals surface area contributed by atoms with E-state index in [-0.39, 0.29) is 12.5 Å².